The Hall–Kier alpha value is -1.93. The van der Waals surface area contributed by atoms with Gasteiger partial charge in [-0.2, -0.15) is 13.2 Å². The van der Waals surface area contributed by atoms with Crippen LogP contribution in [0.1, 0.15) is 16.5 Å². The van der Waals surface area contributed by atoms with Crippen LogP contribution in [0.5, 0.6) is 5.75 Å². The molecule has 1 fully saturated rings. The van der Waals surface area contributed by atoms with Crippen LogP contribution in [-0.4, -0.2) is 29.4 Å². The van der Waals surface area contributed by atoms with Crippen molar-refractivity contribution in [1.82, 2.24) is 4.90 Å². The molecule has 0 unspecified atom stereocenters. The van der Waals surface area contributed by atoms with Crippen LogP contribution in [0.25, 0.3) is 0 Å². The third kappa shape index (κ3) is 4.24. The summed E-state index contributed by atoms with van der Waals surface area (Å²) in [6, 6.07) is 12.8. The average molecular weight is 398 g/mol. The Bertz CT molecular complexity index is 781. The number of nitrogens with zero attached hydrogens (tertiary/aromatic N) is 1. The molecule has 0 aliphatic carbocycles. The number of hydrogen-bond acceptors (Lipinski definition) is 3. The Kier molecular flexibility index (Phi) is 5.62. The predicted octanol–water partition coefficient (Wildman–Crippen LogP) is 5.16. The molecule has 0 bridgehead atoms. The summed E-state index contributed by atoms with van der Waals surface area (Å²) in [4.78, 5) is 1.99. The van der Waals surface area contributed by atoms with Gasteiger partial charge in [0.1, 0.15) is 11.1 Å². The van der Waals surface area contributed by atoms with Crippen molar-refractivity contribution < 1.29 is 17.9 Å². The molecular weight excluding hydrogens is 381 g/mol. The standard InChI is InChI=1S/C18H17F3N2OS2/c1-24-15-7-5-12(6-8-15)16-23(9-10-26-16)17(25)22-14-4-2-3-13(11-14)18(19,20)21/h2-8,11,16H,9-10H2,1H3,(H,22,25)/t16-/m0/s1. The van der Waals surface area contributed by atoms with Crippen LogP contribution in [0, 0.1) is 0 Å². The van der Waals surface area contributed by atoms with E-state index in [1.165, 1.54) is 6.07 Å². The molecule has 0 saturated carbocycles. The first-order valence-electron chi connectivity index (χ1n) is 7.89. The van der Waals surface area contributed by atoms with Crippen molar-refractivity contribution in [2.45, 2.75) is 11.6 Å². The number of hydrogen-bond donors (Lipinski definition) is 1. The van der Waals surface area contributed by atoms with Crippen LogP contribution in [-0.2, 0) is 6.18 Å². The number of alkyl halides is 3. The minimum Gasteiger partial charge on any atom is -0.497 e. The molecule has 26 heavy (non-hydrogen) atoms. The Morgan fingerprint density at radius 2 is 1.96 bits per heavy atom. The van der Waals surface area contributed by atoms with E-state index in [1.54, 1.807) is 24.9 Å². The number of anilines is 1. The normalized spacial score (nSPS) is 17.2. The van der Waals surface area contributed by atoms with Gasteiger partial charge in [-0.3, -0.25) is 0 Å². The summed E-state index contributed by atoms with van der Waals surface area (Å²) in [6.45, 7) is 0.728. The number of thiocarbonyl (C=S) groups is 1. The molecule has 1 aliphatic rings. The van der Waals surface area contributed by atoms with E-state index < -0.39 is 11.7 Å². The number of nitrogens with one attached hydrogen (secondary N) is 1. The quantitative estimate of drug-likeness (QED) is 0.720. The minimum absolute atomic E-state index is 0.0201. The van der Waals surface area contributed by atoms with Crippen molar-refractivity contribution in [2.75, 3.05) is 24.7 Å². The van der Waals surface area contributed by atoms with Gasteiger partial charge in [-0.25, -0.2) is 0 Å². The van der Waals surface area contributed by atoms with Gasteiger partial charge in [-0.15, -0.1) is 11.8 Å². The van der Waals surface area contributed by atoms with E-state index in [2.05, 4.69) is 5.32 Å². The van der Waals surface area contributed by atoms with Crippen molar-refractivity contribution in [3.05, 3.63) is 59.7 Å². The van der Waals surface area contributed by atoms with E-state index in [0.717, 1.165) is 35.7 Å². The fourth-order valence-electron chi connectivity index (χ4n) is 2.69. The SMILES string of the molecule is COc1ccc([C@@H]2SCCN2C(=S)Nc2cccc(C(F)(F)F)c2)cc1. The molecule has 2 aromatic carbocycles. The van der Waals surface area contributed by atoms with Crippen molar-refractivity contribution in [3.63, 3.8) is 0 Å². The van der Waals surface area contributed by atoms with Crippen LogP contribution in [0.4, 0.5) is 18.9 Å². The zero-order chi connectivity index (χ0) is 18.7. The van der Waals surface area contributed by atoms with Crippen molar-refractivity contribution >= 4 is 34.8 Å². The molecule has 138 valence electrons. The first-order chi connectivity index (χ1) is 12.4. The topological polar surface area (TPSA) is 24.5 Å². The molecule has 0 amide bonds. The van der Waals surface area contributed by atoms with E-state index in [-0.39, 0.29) is 5.37 Å². The maximum atomic E-state index is 12.9. The van der Waals surface area contributed by atoms with Gasteiger partial charge in [-0.05, 0) is 48.1 Å². The van der Waals surface area contributed by atoms with Gasteiger partial charge in [0.15, 0.2) is 5.11 Å². The maximum Gasteiger partial charge on any atom is 0.416 e. The number of thioether (sulfide) groups is 1. The first kappa shape index (κ1) is 18.8. The molecule has 0 aromatic heterocycles. The zero-order valence-corrected chi connectivity index (χ0v) is 15.5. The van der Waals surface area contributed by atoms with Gasteiger partial charge < -0.3 is 15.0 Å². The van der Waals surface area contributed by atoms with E-state index in [1.807, 2.05) is 29.2 Å². The lowest BCUT2D eigenvalue weighted by molar-refractivity contribution is -0.137. The summed E-state index contributed by atoms with van der Waals surface area (Å²) in [5.74, 6) is 1.66. The second kappa shape index (κ2) is 7.75. The van der Waals surface area contributed by atoms with Gasteiger partial charge in [0.2, 0.25) is 0 Å². The molecular formula is C18H17F3N2OS2. The van der Waals surface area contributed by atoms with Crippen LogP contribution in [0.15, 0.2) is 48.5 Å². The van der Waals surface area contributed by atoms with Gasteiger partial charge in [0.05, 0.1) is 12.7 Å². The van der Waals surface area contributed by atoms with Crippen LogP contribution in [0.2, 0.25) is 0 Å². The smallest absolute Gasteiger partial charge is 0.416 e. The summed E-state index contributed by atoms with van der Waals surface area (Å²) in [5, 5.41) is 3.37. The summed E-state index contributed by atoms with van der Waals surface area (Å²) in [6.07, 6.45) is -4.38. The Morgan fingerprint density at radius 1 is 1.23 bits per heavy atom. The number of rotatable bonds is 3. The van der Waals surface area contributed by atoms with Gasteiger partial charge in [0.25, 0.3) is 0 Å². The molecule has 0 radical (unpaired) electrons. The Balaban J connectivity index is 1.74. The molecule has 1 saturated heterocycles. The lowest BCUT2D eigenvalue weighted by Crippen LogP contribution is -2.34. The fourth-order valence-corrected chi connectivity index (χ4v) is 4.34. The predicted molar refractivity (Wildman–Crippen MR) is 103 cm³/mol. The molecule has 8 heteroatoms. The molecule has 1 atom stereocenters. The molecule has 1 N–H and O–H groups in total. The highest BCUT2D eigenvalue weighted by Crippen LogP contribution is 2.39. The highest BCUT2D eigenvalue weighted by atomic mass is 32.2. The lowest BCUT2D eigenvalue weighted by Gasteiger charge is -2.27. The zero-order valence-electron chi connectivity index (χ0n) is 13.9. The molecule has 3 rings (SSSR count). The van der Waals surface area contributed by atoms with E-state index in [4.69, 9.17) is 17.0 Å². The first-order valence-corrected chi connectivity index (χ1v) is 9.34. The molecule has 1 heterocycles. The third-order valence-corrected chi connectivity index (χ3v) is 5.59. The highest BCUT2D eigenvalue weighted by molar-refractivity contribution is 7.99. The Morgan fingerprint density at radius 3 is 2.62 bits per heavy atom. The fraction of sp³-hybridized carbons (Fsp3) is 0.278. The molecule has 0 spiro atoms. The van der Waals surface area contributed by atoms with Gasteiger partial charge in [-0.1, -0.05) is 18.2 Å². The third-order valence-electron chi connectivity index (χ3n) is 3.99. The lowest BCUT2D eigenvalue weighted by atomic mass is 10.2. The highest BCUT2D eigenvalue weighted by Gasteiger charge is 2.31. The second-order valence-electron chi connectivity index (χ2n) is 5.70. The van der Waals surface area contributed by atoms with Crippen LogP contribution in [0.3, 0.4) is 0 Å². The maximum absolute atomic E-state index is 12.9. The monoisotopic (exact) mass is 398 g/mol. The van der Waals surface area contributed by atoms with Gasteiger partial charge in [0, 0.05) is 18.0 Å². The largest absolute Gasteiger partial charge is 0.497 e. The summed E-state index contributed by atoms with van der Waals surface area (Å²) in [7, 11) is 1.61. The number of methoxy groups -OCH3 is 1. The van der Waals surface area contributed by atoms with Crippen LogP contribution >= 0.6 is 24.0 Å². The van der Waals surface area contributed by atoms with Gasteiger partial charge >= 0.3 is 6.18 Å². The van der Waals surface area contributed by atoms with Crippen LogP contribution < -0.4 is 10.1 Å². The molecule has 3 nitrogen and oxygen atoms in total. The Labute approximate surface area is 159 Å². The van der Waals surface area contributed by atoms with E-state index >= 15 is 0 Å². The number of ether oxygens (including phenoxy) is 1. The molecule has 1 aliphatic heterocycles. The molecule has 2 aromatic rings. The summed E-state index contributed by atoms with van der Waals surface area (Å²) in [5.41, 5.74) is 0.699. The van der Waals surface area contributed by atoms with Crippen molar-refractivity contribution in [1.29, 1.82) is 0 Å². The van der Waals surface area contributed by atoms with E-state index in [9.17, 15) is 13.2 Å². The number of halogens is 3. The number of benzene rings is 2. The average Bonchev–Trinajstić information content (AvgIpc) is 3.11. The van der Waals surface area contributed by atoms with Crippen molar-refractivity contribution in [3.8, 4) is 5.75 Å². The van der Waals surface area contributed by atoms with Crippen molar-refractivity contribution in [2.24, 2.45) is 0 Å². The minimum atomic E-state index is -4.38. The van der Waals surface area contributed by atoms with E-state index in [0.29, 0.717) is 10.8 Å². The summed E-state index contributed by atoms with van der Waals surface area (Å²) < 4.78 is 43.8. The summed E-state index contributed by atoms with van der Waals surface area (Å²) >= 11 is 7.19. The second-order valence-corrected chi connectivity index (χ2v) is 7.27.